The Hall–Kier alpha value is -1.03. The van der Waals surface area contributed by atoms with Gasteiger partial charge in [-0.2, -0.15) is 4.98 Å². The number of nitrogens with one attached hydrogen (secondary N) is 1. The van der Waals surface area contributed by atoms with Crippen molar-refractivity contribution in [2.24, 2.45) is 5.41 Å². The van der Waals surface area contributed by atoms with Crippen LogP contribution in [0.15, 0.2) is 6.20 Å². The van der Waals surface area contributed by atoms with Crippen LogP contribution in [0, 0.1) is 5.41 Å². The molecule has 0 saturated heterocycles. The standard InChI is InChI=1S/C12H21ClN4/c1-11(2,3)7-12(4,5)17-9-8(13)6-15-10(14)16-9/h6H,7H2,1-5H3,(H3,14,15,16,17). The molecule has 1 aromatic heterocycles. The van der Waals surface area contributed by atoms with E-state index in [4.69, 9.17) is 17.3 Å². The second-order valence-electron chi connectivity index (χ2n) is 6.17. The molecule has 1 rings (SSSR count). The maximum absolute atomic E-state index is 6.03. The Morgan fingerprint density at radius 3 is 2.41 bits per heavy atom. The van der Waals surface area contributed by atoms with Gasteiger partial charge in [0.1, 0.15) is 5.02 Å². The average Bonchev–Trinajstić information content (AvgIpc) is 2.06. The van der Waals surface area contributed by atoms with Crippen LogP contribution in [0.25, 0.3) is 0 Å². The van der Waals surface area contributed by atoms with Crippen molar-refractivity contribution in [1.29, 1.82) is 0 Å². The van der Waals surface area contributed by atoms with Gasteiger partial charge >= 0.3 is 0 Å². The Labute approximate surface area is 108 Å². The largest absolute Gasteiger partial charge is 0.368 e. The number of hydrogen-bond acceptors (Lipinski definition) is 4. The maximum atomic E-state index is 6.03. The Kier molecular flexibility index (Phi) is 3.87. The third kappa shape index (κ3) is 4.77. The second kappa shape index (κ2) is 4.69. The first-order chi connectivity index (χ1) is 7.59. The number of nitrogen functional groups attached to an aromatic ring is 1. The van der Waals surface area contributed by atoms with Gasteiger partial charge in [0, 0.05) is 5.54 Å². The Bertz CT molecular complexity index is 396. The molecule has 0 spiro atoms. The summed E-state index contributed by atoms with van der Waals surface area (Å²) in [5.41, 5.74) is 5.67. The Morgan fingerprint density at radius 1 is 1.29 bits per heavy atom. The minimum atomic E-state index is -0.108. The summed E-state index contributed by atoms with van der Waals surface area (Å²) >= 11 is 6.03. The van der Waals surface area contributed by atoms with E-state index >= 15 is 0 Å². The Morgan fingerprint density at radius 2 is 1.88 bits per heavy atom. The average molecular weight is 257 g/mol. The highest BCUT2D eigenvalue weighted by Gasteiger charge is 2.26. The molecule has 0 radical (unpaired) electrons. The second-order valence-corrected chi connectivity index (χ2v) is 6.58. The van der Waals surface area contributed by atoms with E-state index in [2.05, 4.69) is 49.9 Å². The quantitative estimate of drug-likeness (QED) is 0.871. The van der Waals surface area contributed by atoms with Crippen molar-refractivity contribution in [2.75, 3.05) is 11.1 Å². The van der Waals surface area contributed by atoms with E-state index in [1.54, 1.807) is 0 Å². The van der Waals surface area contributed by atoms with Gasteiger partial charge in [-0.1, -0.05) is 32.4 Å². The van der Waals surface area contributed by atoms with Crippen molar-refractivity contribution in [3.63, 3.8) is 0 Å². The summed E-state index contributed by atoms with van der Waals surface area (Å²) in [4.78, 5) is 7.95. The van der Waals surface area contributed by atoms with Crippen LogP contribution < -0.4 is 11.1 Å². The Balaban J connectivity index is 2.86. The molecule has 0 aliphatic heterocycles. The molecule has 1 aromatic rings. The van der Waals surface area contributed by atoms with Gasteiger partial charge in [0.05, 0.1) is 6.20 Å². The SMILES string of the molecule is CC(C)(C)CC(C)(C)Nc1nc(N)ncc1Cl. The molecule has 4 nitrogen and oxygen atoms in total. The van der Waals surface area contributed by atoms with Crippen LogP contribution in [-0.4, -0.2) is 15.5 Å². The maximum Gasteiger partial charge on any atom is 0.222 e. The van der Waals surface area contributed by atoms with E-state index in [9.17, 15) is 0 Å². The fraction of sp³-hybridized carbons (Fsp3) is 0.667. The van der Waals surface area contributed by atoms with Gasteiger partial charge in [-0.25, -0.2) is 4.98 Å². The molecule has 0 aromatic carbocycles. The van der Waals surface area contributed by atoms with E-state index in [1.807, 2.05) is 0 Å². The number of rotatable bonds is 3. The van der Waals surface area contributed by atoms with Gasteiger partial charge in [-0.05, 0) is 25.7 Å². The minimum absolute atomic E-state index is 0.108. The topological polar surface area (TPSA) is 63.8 Å². The first kappa shape index (κ1) is 14.0. The van der Waals surface area contributed by atoms with E-state index in [0.29, 0.717) is 10.8 Å². The molecule has 0 saturated carbocycles. The van der Waals surface area contributed by atoms with Crippen LogP contribution in [0.3, 0.4) is 0 Å². The van der Waals surface area contributed by atoms with Crippen LogP contribution in [0.1, 0.15) is 41.0 Å². The molecule has 1 heterocycles. The molecular formula is C12H21ClN4. The van der Waals surface area contributed by atoms with Crippen molar-refractivity contribution >= 4 is 23.4 Å². The molecule has 5 heteroatoms. The molecule has 3 N–H and O–H groups in total. The van der Waals surface area contributed by atoms with Crippen LogP contribution >= 0.6 is 11.6 Å². The first-order valence-electron chi connectivity index (χ1n) is 5.65. The molecular weight excluding hydrogens is 236 g/mol. The molecule has 0 atom stereocenters. The normalized spacial score (nSPS) is 12.6. The van der Waals surface area contributed by atoms with Crippen LogP contribution in [0.5, 0.6) is 0 Å². The highest BCUT2D eigenvalue weighted by atomic mass is 35.5. The van der Waals surface area contributed by atoms with Gasteiger partial charge < -0.3 is 11.1 Å². The fourth-order valence-corrected chi connectivity index (χ4v) is 2.30. The van der Waals surface area contributed by atoms with Crippen molar-refractivity contribution in [3.8, 4) is 0 Å². The van der Waals surface area contributed by atoms with Crippen molar-refractivity contribution in [1.82, 2.24) is 9.97 Å². The molecule has 17 heavy (non-hydrogen) atoms. The molecule has 0 bridgehead atoms. The monoisotopic (exact) mass is 256 g/mol. The number of aromatic nitrogens is 2. The smallest absolute Gasteiger partial charge is 0.222 e. The van der Waals surface area contributed by atoms with E-state index < -0.39 is 0 Å². The van der Waals surface area contributed by atoms with Crippen molar-refractivity contribution in [2.45, 2.75) is 46.6 Å². The van der Waals surface area contributed by atoms with Crippen molar-refractivity contribution < 1.29 is 0 Å². The summed E-state index contributed by atoms with van der Waals surface area (Å²) in [5, 5.41) is 3.81. The van der Waals surface area contributed by atoms with E-state index in [1.165, 1.54) is 6.20 Å². The minimum Gasteiger partial charge on any atom is -0.368 e. The van der Waals surface area contributed by atoms with Crippen molar-refractivity contribution in [3.05, 3.63) is 11.2 Å². The number of nitrogens with two attached hydrogens (primary N) is 1. The molecule has 0 aliphatic rings. The summed E-state index contributed by atoms with van der Waals surface area (Å²) in [6.07, 6.45) is 2.50. The van der Waals surface area contributed by atoms with E-state index in [-0.39, 0.29) is 16.9 Å². The summed E-state index contributed by atoms with van der Waals surface area (Å²) in [5.74, 6) is 0.817. The van der Waals surface area contributed by atoms with Gasteiger partial charge in [0.15, 0.2) is 5.82 Å². The zero-order chi connectivity index (χ0) is 13.3. The summed E-state index contributed by atoms with van der Waals surface area (Å²) in [6, 6.07) is 0. The molecule has 0 fully saturated rings. The molecule has 96 valence electrons. The van der Waals surface area contributed by atoms with E-state index in [0.717, 1.165) is 6.42 Å². The predicted octanol–water partition coefficient (Wildman–Crippen LogP) is 3.34. The summed E-state index contributed by atoms with van der Waals surface area (Å²) in [6.45, 7) is 10.8. The fourth-order valence-electron chi connectivity index (χ4n) is 2.16. The van der Waals surface area contributed by atoms with Gasteiger partial charge in [0.25, 0.3) is 0 Å². The highest BCUT2D eigenvalue weighted by molar-refractivity contribution is 6.32. The summed E-state index contributed by atoms with van der Waals surface area (Å²) < 4.78 is 0. The molecule has 0 amide bonds. The highest BCUT2D eigenvalue weighted by Crippen LogP contribution is 2.31. The lowest BCUT2D eigenvalue weighted by Gasteiger charge is -2.34. The number of halogens is 1. The zero-order valence-electron chi connectivity index (χ0n) is 11.1. The molecule has 0 unspecified atom stereocenters. The molecule has 0 aliphatic carbocycles. The van der Waals surface area contributed by atoms with Crippen LogP contribution in [-0.2, 0) is 0 Å². The number of hydrogen-bond donors (Lipinski definition) is 2. The lowest BCUT2D eigenvalue weighted by molar-refractivity contribution is 0.302. The third-order valence-electron chi connectivity index (χ3n) is 2.19. The lowest BCUT2D eigenvalue weighted by atomic mass is 9.82. The van der Waals surface area contributed by atoms with Gasteiger partial charge in [-0.15, -0.1) is 0 Å². The van der Waals surface area contributed by atoms with Gasteiger partial charge in [-0.3, -0.25) is 0 Å². The van der Waals surface area contributed by atoms with Gasteiger partial charge in [0.2, 0.25) is 5.95 Å². The number of anilines is 2. The third-order valence-corrected chi connectivity index (χ3v) is 2.47. The summed E-state index contributed by atoms with van der Waals surface area (Å²) in [7, 11) is 0. The zero-order valence-corrected chi connectivity index (χ0v) is 11.9. The predicted molar refractivity (Wildman–Crippen MR) is 73.2 cm³/mol. The van der Waals surface area contributed by atoms with Crippen LogP contribution in [0.2, 0.25) is 5.02 Å². The first-order valence-corrected chi connectivity index (χ1v) is 6.03. The number of nitrogens with zero attached hydrogens (tertiary/aromatic N) is 2. The van der Waals surface area contributed by atoms with Crippen LogP contribution in [0.4, 0.5) is 11.8 Å². The lowest BCUT2D eigenvalue weighted by Crippen LogP contribution is -2.36.